The molecule has 1 aromatic carbocycles. The Balaban J connectivity index is 2.25. The maximum Gasteiger partial charge on any atom is 0.306 e. The van der Waals surface area contributed by atoms with Crippen LogP contribution in [0.1, 0.15) is 51.5 Å². The lowest BCUT2D eigenvalue weighted by Gasteiger charge is -2.14. The molecule has 0 amide bonds. The highest BCUT2D eigenvalue weighted by molar-refractivity contribution is 7.99. The van der Waals surface area contributed by atoms with Crippen molar-refractivity contribution in [1.82, 2.24) is 0 Å². The van der Waals surface area contributed by atoms with Gasteiger partial charge in [0.05, 0.1) is 13.0 Å². The Bertz CT molecular complexity index is 462. The highest BCUT2D eigenvalue weighted by Crippen LogP contribution is 2.23. The van der Waals surface area contributed by atoms with E-state index in [1.165, 1.54) is 30.7 Å². The fraction of sp³-hybridized carbons (Fsp3) is 0.611. The average Bonchev–Trinajstić information content (AvgIpc) is 2.49. The van der Waals surface area contributed by atoms with Crippen molar-refractivity contribution in [3.63, 3.8) is 0 Å². The molecular weight excluding hydrogens is 299 g/mol. The largest absolute Gasteiger partial charge is 0.465 e. The summed E-state index contributed by atoms with van der Waals surface area (Å²) in [4.78, 5) is 12.3. The number of esters is 1. The van der Waals surface area contributed by atoms with Crippen molar-refractivity contribution in [3.05, 3.63) is 29.6 Å². The van der Waals surface area contributed by atoms with Gasteiger partial charge in [0, 0.05) is 10.6 Å². The van der Waals surface area contributed by atoms with Crippen LogP contribution in [0.3, 0.4) is 0 Å². The first kappa shape index (κ1) is 19.0. The van der Waals surface area contributed by atoms with Crippen molar-refractivity contribution >= 4 is 17.7 Å². The van der Waals surface area contributed by atoms with Gasteiger partial charge >= 0.3 is 5.97 Å². The first-order valence-corrected chi connectivity index (χ1v) is 9.09. The molecule has 22 heavy (non-hydrogen) atoms. The number of aryl methyl sites for hydroxylation is 1. The van der Waals surface area contributed by atoms with E-state index in [0.717, 1.165) is 18.4 Å². The van der Waals surface area contributed by atoms with Crippen molar-refractivity contribution in [2.75, 3.05) is 12.4 Å². The fourth-order valence-corrected chi connectivity index (χ4v) is 3.00. The zero-order valence-electron chi connectivity index (χ0n) is 13.9. The van der Waals surface area contributed by atoms with E-state index >= 15 is 0 Å². The third kappa shape index (κ3) is 7.30. The second-order valence-corrected chi connectivity index (χ2v) is 6.77. The highest BCUT2D eigenvalue weighted by atomic mass is 32.2. The van der Waals surface area contributed by atoms with Gasteiger partial charge in [-0.05, 0) is 37.0 Å². The number of thioether (sulfide) groups is 1. The zero-order chi connectivity index (χ0) is 16.4. The summed E-state index contributed by atoms with van der Waals surface area (Å²) in [7, 11) is 0. The van der Waals surface area contributed by atoms with Crippen molar-refractivity contribution in [2.24, 2.45) is 5.92 Å². The molecule has 0 N–H and O–H groups in total. The third-order valence-corrected chi connectivity index (χ3v) is 4.72. The zero-order valence-corrected chi connectivity index (χ0v) is 14.7. The monoisotopic (exact) mass is 326 g/mol. The predicted octanol–water partition coefficient (Wildman–Crippen LogP) is 5.38. The van der Waals surface area contributed by atoms with Crippen molar-refractivity contribution in [3.8, 4) is 0 Å². The molecule has 1 aromatic rings. The van der Waals surface area contributed by atoms with Gasteiger partial charge in [-0.25, -0.2) is 4.39 Å². The fourth-order valence-electron chi connectivity index (χ4n) is 2.15. The molecule has 124 valence electrons. The smallest absolute Gasteiger partial charge is 0.306 e. The molecule has 0 aliphatic rings. The molecule has 4 heteroatoms. The summed E-state index contributed by atoms with van der Waals surface area (Å²) >= 11 is 1.36. The Morgan fingerprint density at radius 2 is 2.14 bits per heavy atom. The minimum atomic E-state index is -0.219. The lowest BCUT2D eigenvalue weighted by atomic mass is 10.0. The van der Waals surface area contributed by atoms with Crippen LogP contribution in [0.25, 0.3) is 0 Å². The average molecular weight is 326 g/mol. The molecule has 0 bridgehead atoms. The first-order chi connectivity index (χ1) is 10.6. The molecule has 0 spiro atoms. The Morgan fingerprint density at radius 1 is 1.36 bits per heavy atom. The minimum absolute atomic E-state index is 0.185. The maximum atomic E-state index is 13.7. The molecule has 1 unspecified atom stereocenters. The normalized spacial score (nSPS) is 12.2. The molecule has 0 saturated heterocycles. The lowest BCUT2D eigenvalue weighted by molar-refractivity contribution is -0.144. The number of rotatable bonds is 10. The predicted molar refractivity (Wildman–Crippen MR) is 90.7 cm³/mol. The third-order valence-electron chi connectivity index (χ3n) is 3.67. The van der Waals surface area contributed by atoms with E-state index in [1.807, 2.05) is 13.0 Å². The molecule has 0 aliphatic carbocycles. The molecular formula is C18H27FO2S. The van der Waals surface area contributed by atoms with Crippen molar-refractivity contribution in [1.29, 1.82) is 0 Å². The molecule has 2 nitrogen and oxygen atoms in total. The van der Waals surface area contributed by atoms with Crippen LogP contribution >= 0.6 is 11.8 Å². The number of ether oxygens (including phenoxy) is 1. The Kier molecular flexibility index (Phi) is 9.21. The Labute approximate surface area is 137 Å². The van der Waals surface area contributed by atoms with Crippen LogP contribution in [-0.2, 0) is 9.53 Å². The van der Waals surface area contributed by atoms with Crippen LogP contribution in [0.15, 0.2) is 23.1 Å². The summed E-state index contributed by atoms with van der Waals surface area (Å²) in [5, 5.41) is 0. The minimum Gasteiger partial charge on any atom is -0.465 e. The summed E-state index contributed by atoms with van der Waals surface area (Å²) in [5.41, 5.74) is 0.902. The maximum absolute atomic E-state index is 13.7. The van der Waals surface area contributed by atoms with Crippen LogP contribution in [0.4, 0.5) is 4.39 Å². The van der Waals surface area contributed by atoms with Gasteiger partial charge in [-0.2, -0.15) is 0 Å². The van der Waals surface area contributed by atoms with Gasteiger partial charge in [0.25, 0.3) is 0 Å². The molecule has 1 atom stereocenters. The molecule has 0 heterocycles. The van der Waals surface area contributed by atoms with E-state index in [4.69, 9.17) is 4.74 Å². The number of carbonyl (C=O) groups is 1. The van der Waals surface area contributed by atoms with Crippen LogP contribution in [0.5, 0.6) is 0 Å². The second kappa shape index (κ2) is 10.7. The summed E-state index contributed by atoms with van der Waals surface area (Å²) in [5.74, 6) is 0.606. The van der Waals surface area contributed by atoms with Gasteiger partial charge < -0.3 is 4.74 Å². The number of hydrogen-bond acceptors (Lipinski definition) is 3. The summed E-state index contributed by atoms with van der Waals surface area (Å²) < 4.78 is 19.0. The lowest BCUT2D eigenvalue weighted by Crippen LogP contribution is -2.14. The molecule has 1 rings (SSSR count). The molecule has 0 fully saturated rings. The van der Waals surface area contributed by atoms with Gasteiger partial charge in [-0.1, -0.05) is 39.2 Å². The first-order valence-electron chi connectivity index (χ1n) is 8.11. The summed E-state index contributed by atoms with van der Waals surface area (Å²) in [6, 6.07) is 5.15. The van der Waals surface area contributed by atoms with E-state index < -0.39 is 0 Å². The van der Waals surface area contributed by atoms with Gasteiger partial charge in [-0.15, -0.1) is 11.8 Å². The van der Waals surface area contributed by atoms with E-state index in [2.05, 4.69) is 13.8 Å². The van der Waals surface area contributed by atoms with Crippen LogP contribution < -0.4 is 0 Å². The van der Waals surface area contributed by atoms with Crippen LogP contribution in [-0.4, -0.2) is 18.3 Å². The van der Waals surface area contributed by atoms with E-state index in [9.17, 15) is 9.18 Å². The van der Waals surface area contributed by atoms with E-state index in [0.29, 0.717) is 29.6 Å². The van der Waals surface area contributed by atoms with Gasteiger partial charge in [0.2, 0.25) is 0 Å². The van der Waals surface area contributed by atoms with Crippen molar-refractivity contribution < 1.29 is 13.9 Å². The SMILES string of the molecule is CCCCC(CC)COC(=O)CCSc1ccc(C)cc1F. The Morgan fingerprint density at radius 3 is 2.77 bits per heavy atom. The number of benzene rings is 1. The van der Waals surface area contributed by atoms with Crippen molar-refractivity contribution in [2.45, 2.75) is 57.8 Å². The number of hydrogen-bond donors (Lipinski definition) is 0. The van der Waals surface area contributed by atoms with Gasteiger partial charge in [0.15, 0.2) is 0 Å². The topological polar surface area (TPSA) is 26.3 Å². The van der Waals surface area contributed by atoms with Gasteiger partial charge in [0.1, 0.15) is 5.82 Å². The van der Waals surface area contributed by atoms with Crippen LogP contribution in [0, 0.1) is 18.7 Å². The van der Waals surface area contributed by atoms with E-state index in [1.54, 1.807) is 6.07 Å². The summed E-state index contributed by atoms with van der Waals surface area (Å²) in [6.07, 6.45) is 4.82. The molecule has 0 radical (unpaired) electrons. The summed E-state index contributed by atoms with van der Waals surface area (Å²) in [6.45, 7) is 6.67. The molecule has 0 aliphatic heterocycles. The van der Waals surface area contributed by atoms with E-state index in [-0.39, 0.29) is 11.8 Å². The molecule has 0 saturated carbocycles. The number of unbranched alkanes of at least 4 members (excludes halogenated alkanes) is 1. The standard InChI is InChI=1S/C18H27FO2S/c1-4-6-7-15(5-2)13-21-18(20)10-11-22-17-9-8-14(3)12-16(17)19/h8-9,12,15H,4-7,10-11,13H2,1-3H3. The molecule has 0 aromatic heterocycles. The number of carbonyl (C=O) groups excluding carboxylic acids is 1. The van der Waals surface area contributed by atoms with Gasteiger partial charge in [-0.3, -0.25) is 4.79 Å². The second-order valence-electron chi connectivity index (χ2n) is 5.63. The van der Waals surface area contributed by atoms with Crippen LogP contribution in [0.2, 0.25) is 0 Å². The number of halogens is 1. The highest BCUT2D eigenvalue weighted by Gasteiger charge is 2.11. The Hall–Kier alpha value is -1.03. The quantitative estimate of drug-likeness (QED) is 0.427.